The molecule has 0 atom stereocenters. The summed E-state index contributed by atoms with van der Waals surface area (Å²) in [5.41, 5.74) is 1.54. The topological polar surface area (TPSA) is 131 Å². The Bertz CT molecular complexity index is 1390. The van der Waals surface area contributed by atoms with Gasteiger partial charge in [-0.1, -0.05) is 12.1 Å². The molecule has 0 unspecified atom stereocenters. The lowest BCUT2D eigenvalue weighted by molar-refractivity contribution is 0.0960. The molecule has 0 heterocycles. The SMILES string of the molecule is CNC(=O)c1cc(S(=O)(=O)Nc2ccc(S(=O)(=O)Nc3cccc(C)c3)cc2)ccc1OC. The Labute approximate surface area is 192 Å². The molecule has 0 fully saturated rings. The third-order valence-electron chi connectivity index (χ3n) is 4.64. The second kappa shape index (κ2) is 9.51. The van der Waals surface area contributed by atoms with E-state index in [1.165, 1.54) is 56.6 Å². The van der Waals surface area contributed by atoms with Gasteiger partial charge in [0.2, 0.25) is 0 Å². The van der Waals surface area contributed by atoms with E-state index in [0.717, 1.165) is 5.56 Å². The van der Waals surface area contributed by atoms with E-state index in [4.69, 9.17) is 4.74 Å². The highest BCUT2D eigenvalue weighted by atomic mass is 32.2. The van der Waals surface area contributed by atoms with Crippen LogP contribution in [0.3, 0.4) is 0 Å². The zero-order valence-electron chi connectivity index (χ0n) is 18.1. The number of anilines is 2. The van der Waals surface area contributed by atoms with E-state index in [1.807, 2.05) is 13.0 Å². The fraction of sp³-hybridized carbons (Fsp3) is 0.136. The van der Waals surface area contributed by atoms with Crippen molar-refractivity contribution in [2.45, 2.75) is 16.7 Å². The summed E-state index contributed by atoms with van der Waals surface area (Å²) < 4.78 is 60.8. The molecular weight excluding hydrogens is 466 g/mol. The van der Waals surface area contributed by atoms with Crippen molar-refractivity contribution in [1.29, 1.82) is 0 Å². The number of carbonyl (C=O) groups excluding carboxylic acids is 1. The number of methoxy groups -OCH3 is 1. The summed E-state index contributed by atoms with van der Waals surface area (Å²) in [6.07, 6.45) is 0. The van der Waals surface area contributed by atoms with Crippen LogP contribution in [0.5, 0.6) is 5.75 Å². The van der Waals surface area contributed by atoms with Crippen LogP contribution in [0.15, 0.2) is 76.5 Å². The van der Waals surface area contributed by atoms with E-state index >= 15 is 0 Å². The van der Waals surface area contributed by atoms with Crippen molar-refractivity contribution in [3.63, 3.8) is 0 Å². The summed E-state index contributed by atoms with van der Waals surface area (Å²) in [7, 11) is -5.11. The Morgan fingerprint density at radius 2 is 1.39 bits per heavy atom. The van der Waals surface area contributed by atoms with E-state index in [0.29, 0.717) is 5.69 Å². The molecule has 33 heavy (non-hydrogen) atoms. The lowest BCUT2D eigenvalue weighted by atomic mass is 10.2. The smallest absolute Gasteiger partial charge is 0.261 e. The minimum absolute atomic E-state index is 0.0293. The third kappa shape index (κ3) is 5.62. The van der Waals surface area contributed by atoms with Gasteiger partial charge in [-0.3, -0.25) is 14.2 Å². The van der Waals surface area contributed by atoms with Crippen LogP contribution in [0.4, 0.5) is 11.4 Å². The molecule has 3 N–H and O–H groups in total. The lowest BCUT2D eigenvalue weighted by Gasteiger charge is -2.13. The maximum atomic E-state index is 12.8. The van der Waals surface area contributed by atoms with Crippen molar-refractivity contribution in [1.82, 2.24) is 5.32 Å². The van der Waals surface area contributed by atoms with Gasteiger partial charge in [0.25, 0.3) is 26.0 Å². The molecule has 3 aromatic carbocycles. The standard InChI is InChI=1S/C22H23N3O6S2/c1-15-5-4-6-17(13-15)25-32(27,28)18-9-7-16(8-10-18)24-33(29,30)19-11-12-21(31-3)20(14-19)22(26)23-2/h4-14,24-25H,1-3H3,(H,23,26). The van der Waals surface area contributed by atoms with E-state index < -0.39 is 26.0 Å². The molecule has 0 aliphatic carbocycles. The molecular formula is C22H23N3O6S2. The molecule has 0 aliphatic rings. The summed E-state index contributed by atoms with van der Waals surface area (Å²) in [5.74, 6) is -0.275. The fourth-order valence-corrected chi connectivity index (χ4v) is 5.14. The van der Waals surface area contributed by atoms with Gasteiger partial charge in [0.05, 0.1) is 22.5 Å². The first-order chi connectivity index (χ1) is 15.6. The Hall–Kier alpha value is -3.57. The van der Waals surface area contributed by atoms with Crippen molar-refractivity contribution < 1.29 is 26.4 Å². The van der Waals surface area contributed by atoms with Gasteiger partial charge in [0, 0.05) is 18.4 Å². The summed E-state index contributed by atoms with van der Waals surface area (Å²) in [4.78, 5) is 11.9. The van der Waals surface area contributed by atoms with E-state index in [1.54, 1.807) is 18.2 Å². The van der Waals surface area contributed by atoms with Crippen molar-refractivity contribution in [3.8, 4) is 5.75 Å². The second-order valence-corrected chi connectivity index (χ2v) is 10.4. The Balaban J connectivity index is 1.82. The molecule has 9 nitrogen and oxygen atoms in total. The first-order valence-electron chi connectivity index (χ1n) is 9.68. The number of sulfonamides is 2. The second-order valence-electron chi connectivity index (χ2n) is 7.05. The van der Waals surface area contributed by atoms with E-state index in [9.17, 15) is 21.6 Å². The molecule has 11 heteroatoms. The summed E-state index contributed by atoms with van der Waals surface area (Å²) >= 11 is 0. The lowest BCUT2D eigenvalue weighted by Crippen LogP contribution is -2.20. The number of aryl methyl sites for hydroxylation is 1. The van der Waals surface area contributed by atoms with Gasteiger partial charge in [-0.25, -0.2) is 16.8 Å². The van der Waals surface area contributed by atoms with Gasteiger partial charge < -0.3 is 10.1 Å². The first-order valence-corrected chi connectivity index (χ1v) is 12.6. The van der Waals surface area contributed by atoms with Crippen LogP contribution in [-0.4, -0.2) is 36.9 Å². The molecule has 0 radical (unpaired) electrons. The fourth-order valence-electron chi connectivity index (χ4n) is 3.01. The normalized spacial score (nSPS) is 11.5. The molecule has 1 amide bonds. The van der Waals surface area contributed by atoms with Crippen LogP contribution in [-0.2, 0) is 20.0 Å². The average Bonchev–Trinajstić information content (AvgIpc) is 2.78. The third-order valence-corrected chi connectivity index (χ3v) is 7.42. The molecule has 0 saturated carbocycles. The maximum Gasteiger partial charge on any atom is 0.261 e. The maximum absolute atomic E-state index is 12.8. The van der Waals surface area contributed by atoms with Gasteiger partial charge in [-0.2, -0.15) is 0 Å². The van der Waals surface area contributed by atoms with E-state index in [-0.39, 0.29) is 26.8 Å². The van der Waals surface area contributed by atoms with Gasteiger partial charge in [-0.15, -0.1) is 0 Å². The Kier molecular flexibility index (Phi) is 6.94. The molecule has 0 saturated heterocycles. The number of ether oxygens (including phenoxy) is 1. The molecule has 3 aromatic rings. The Morgan fingerprint density at radius 3 is 2.00 bits per heavy atom. The summed E-state index contributed by atoms with van der Waals surface area (Å²) in [6.45, 7) is 1.85. The van der Waals surface area contributed by atoms with Gasteiger partial charge >= 0.3 is 0 Å². The largest absolute Gasteiger partial charge is 0.496 e. The van der Waals surface area contributed by atoms with Crippen molar-refractivity contribution in [2.75, 3.05) is 23.6 Å². The summed E-state index contributed by atoms with van der Waals surface area (Å²) in [6, 6.07) is 16.1. The van der Waals surface area contributed by atoms with Crippen LogP contribution in [0.25, 0.3) is 0 Å². The number of rotatable bonds is 8. The highest BCUT2D eigenvalue weighted by molar-refractivity contribution is 7.93. The number of nitrogens with one attached hydrogen (secondary N) is 3. The minimum Gasteiger partial charge on any atom is -0.496 e. The van der Waals surface area contributed by atoms with E-state index in [2.05, 4.69) is 14.8 Å². The predicted molar refractivity (Wildman–Crippen MR) is 126 cm³/mol. The molecule has 3 rings (SSSR count). The van der Waals surface area contributed by atoms with Gasteiger partial charge in [-0.05, 0) is 67.1 Å². The number of amides is 1. The number of hydrogen-bond donors (Lipinski definition) is 3. The van der Waals surface area contributed by atoms with Gasteiger partial charge in [0.15, 0.2) is 0 Å². The molecule has 0 spiro atoms. The zero-order chi connectivity index (χ0) is 24.2. The predicted octanol–water partition coefficient (Wildman–Crippen LogP) is 2.96. The molecule has 0 bridgehead atoms. The molecule has 174 valence electrons. The number of hydrogen-bond acceptors (Lipinski definition) is 6. The minimum atomic E-state index is -4.05. The van der Waals surface area contributed by atoms with Crippen molar-refractivity contribution in [3.05, 3.63) is 77.9 Å². The first kappa shape index (κ1) is 24.1. The van der Waals surface area contributed by atoms with Crippen LogP contribution < -0.4 is 19.5 Å². The highest BCUT2D eigenvalue weighted by Gasteiger charge is 2.20. The highest BCUT2D eigenvalue weighted by Crippen LogP contribution is 2.25. The van der Waals surface area contributed by atoms with Crippen LogP contribution >= 0.6 is 0 Å². The number of benzene rings is 3. The monoisotopic (exact) mass is 489 g/mol. The van der Waals surface area contributed by atoms with Crippen LogP contribution in [0.2, 0.25) is 0 Å². The molecule has 0 aromatic heterocycles. The average molecular weight is 490 g/mol. The van der Waals surface area contributed by atoms with Crippen LogP contribution in [0.1, 0.15) is 15.9 Å². The molecule has 0 aliphatic heterocycles. The quantitative estimate of drug-likeness (QED) is 0.446. The summed E-state index contributed by atoms with van der Waals surface area (Å²) in [5, 5.41) is 2.43. The van der Waals surface area contributed by atoms with Crippen molar-refractivity contribution >= 4 is 37.3 Å². The number of carbonyl (C=O) groups is 1. The zero-order valence-corrected chi connectivity index (χ0v) is 19.7. The Morgan fingerprint density at radius 1 is 0.788 bits per heavy atom. The van der Waals surface area contributed by atoms with Gasteiger partial charge in [0.1, 0.15) is 5.75 Å². The van der Waals surface area contributed by atoms with Crippen LogP contribution in [0, 0.1) is 6.92 Å². The van der Waals surface area contributed by atoms with Crippen molar-refractivity contribution in [2.24, 2.45) is 0 Å².